The van der Waals surface area contributed by atoms with E-state index in [0.29, 0.717) is 28.3 Å². The van der Waals surface area contributed by atoms with Gasteiger partial charge in [-0.05, 0) is 53.9 Å². The summed E-state index contributed by atoms with van der Waals surface area (Å²) in [5.74, 6) is 1.12. The van der Waals surface area contributed by atoms with Gasteiger partial charge in [-0.25, -0.2) is 8.42 Å². The van der Waals surface area contributed by atoms with Gasteiger partial charge in [-0.2, -0.15) is 16.1 Å². The summed E-state index contributed by atoms with van der Waals surface area (Å²) in [4.78, 5) is 0.320. The molecule has 1 saturated heterocycles. The molecule has 0 amide bonds. The number of hydrogen-bond donors (Lipinski definition) is 0. The number of nitrogens with zero attached hydrogens (tertiary/aromatic N) is 1. The van der Waals surface area contributed by atoms with E-state index in [-0.39, 0.29) is 4.75 Å². The van der Waals surface area contributed by atoms with Crippen molar-refractivity contribution in [2.24, 2.45) is 0 Å². The van der Waals surface area contributed by atoms with Crippen LogP contribution < -0.4 is 0 Å². The Bertz CT molecular complexity index is 647. The normalized spacial score (nSPS) is 19.7. The monoisotopic (exact) mass is 411 g/mol. The first-order chi connectivity index (χ1) is 9.67. The molecule has 1 aromatic rings. The van der Waals surface area contributed by atoms with Crippen molar-refractivity contribution < 1.29 is 8.42 Å². The highest BCUT2D eigenvalue weighted by molar-refractivity contribution is 9.10. The minimum Gasteiger partial charge on any atom is -0.207 e. The van der Waals surface area contributed by atoms with Gasteiger partial charge in [-0.15, -0.1) is 11.6 Å². The van der Waals surface area contributed by atoms with Crippen LogP contribution in [0.25, 0.3) is 0 Å². The topological polar surface area (TPSA) is 37.4 Å². The number of halogens is 2. The molecule has 2 rings (SSSR count). The van der Waals surface area contributed by atoms with E-state index in [0.717, 1.165) is 16.9 Å². The highest BCUT2D eigenvalue weighted by Gasteiger charge is 2.35. The first kappa shape index (κ1) is 17.6. The van der Waals surface area contributed by atoms with Crippen molar-refractivity contribution >= 4 is 49.3 Å². The molecule has 0 saturated carbocycles. The molecule has 0 aromatic heterocycles. The van der Waals surface area contributed by atoms with Crippen LogP contribution in [0.4, 0.5) is 0 Å². The van der Waals surface area contributed by atoms with Crippen LogP contribution in [0, 0.1) is 6.92 Å². The summed E-state index contributed by atoms with van der Waals surface area (Å²) in [7, 11) is -3.50. The van der Waals surface area contributed by atoms with Gasteiger partial charge < -0.3 is 0 Å². The molecule has 0 atom stereocenters. The van der Waals surface area contributed by atoms with Crippen molar-refractivity contribution in [1.29, 1.82) is 0 Å². The molecule has 7 heteroatoms. The van der Waals surface area contributed by atoms with Crippen LogP contribution in [0.1, 0.15) is 25.0 Å². The zero-order chi connectivity index (χ0) is 15.8. The minimum atomic E-state index is -3.50. The SMILES string of the molecule is Cc1cc(CCl)cc(S(=O)(=O)N2CCSC(C)(C)C2)c1Br. The van der Waals surface area contributed by atoms with Gasteiger partial charge in [-0.3, -0.25) is 0 Å². The van der Waals surface area contributed by atoms with Crippen LogP contribution in [-0.4, -0.2) is 36.3 Å². The van der Waals surface area contributed by atoms with Crippen LogP contribution in [0.3, 0.4) is 0 Å². The maximum Gasteiger partial charge on any atom is 0.244 e. The summed E-state index contributed by atoms with van der Waals surface area (Å²) in [6, 6.07) is 3.58. The Hall–Kier alpha value is 0.250. The van der Waals surface area contributed by atoms with Gasteiger partial charge in [0.1, 0.15) is 0 Å². The summed E-state index contributed by atoms with van der Waals surface area (Å²) in [5, 5.41) is 0. The lowest BCUT2D eigenvalue weighted by Crippen LogP contribution is -2.46. The Morgan fingerprint density at radius 2 is 2.10 bits per heavy atom. The average Bonchev–Trinajstić information content (AvgIpc) is 2.40. The van der Waals surface area contributed by atoms with E-state index in [4.69, 9.17) is 11.6 Å². The zero-order valence-corrected chi connectivity index (χ0v) is 16.3. The van der Waals surface area contributed by atoms with Crippen LogP contribution in [-0.2, 0) is 15.9 Å². The fourth-order valence-electron chi connectivity index (χ4n) is 2.39. The number of benzene rings is 1. The lowest BCUT2D eigenvalue weighted by molar-refractivity contribution is 0.387. The third-order valence-electron chi connectivity index (χ3n) is 3.44. The van der Waals surface area contributed by atoms with E-state index in [9.17, 15) is 8.42 Å². The number of aryl methyl sites for hydroxylation is 1. The highest BCUT2D eigenvalue weighted by Crippen LogP contribution is 2.35. The molecule has 0 radical (unpaired) electrons. The van der Waals surface area contributed by atoms with Gasteiger partial charge in [0.2, 0.25) is 10.0 Å². The van der Waals surface area contributed by atoms with E-state index in [1.807, 2.05) is 24.8 Å². The predicted molar refractivity (Wildman–Crippen MR) is 93.7 cm³/mol. The molecule has 1 aromatic carbocycles. The molecule has 0 bridgehead atoms. The highest BCUT2D eigenvalue weighted by atomic mass is 79.9. The van der Waals surface area contributed by atoms with Gasteiger partial charge in [0.15, 0.2) is 0 Å². The second-order valence-electron chi connectivity index (χ2n) is 5.81. The third-order valence-corrected chi connectivity index (χ3v) is 8.23. The molecule has 1 aliphatic heterocycles. The molecule has 0 spiro atoms. The van der Waals surface area contributed by atoms with Crippen molar-refractivity contribution in [3.05, 3.63) is 27.7 Å². The fourth-order valence-corrected chi connectivity index (χ4v) is 6.49. The van der Waals surface area contributed by atoms with Gasteiger partial charge >= 0.3 is 0 Å². The second kappa shape index (κ2) is 6.40. The molecule has 118 valence electrons. The first-order valence-corrected chi connectivity index (χ1v) is 10.4. The third kappa shape index (κ3) is 3.78. The van der Waals surface area contributed by atoms with Crippen LogP contribution in [0.5, 0.6) is 0 Å². The number of sulfonamides is 1. The van der Waals surface area contributed by atoms with E-state index in [1.165, 1.54) is 0 Å². The van der Waals surface area contributed by atoms with Gasteiger partial charge in [0, 0.05) is 33.9 Å². The molecule has 3 nitrogen and oxygen atoms in total. The van der Waals surface area contributed by atoms with E-state index < -0.39 is 10.0 Å². The molecular formula is C14H19BrClNO2S2. The smallest absolute Gasteiger partial charge is 0.207 e. The van der Waals surface area contributed by atoms with Crippen molar-refractivity contribution in [3.63, 3.8) is 0 Å². The summed E-state index contributed by atoms with van der Waals surface area (Å²) < 4.78 is 28.1. The Morgan fingerprint density at radius 3 is 2.67 bits per heavy atom. The largest absolute Gasteiger partial charge is 0.244 e. The number of rotatable bonds is 3. The Morgan fingerprint density at radius 1 is 1.43 bits per heavy atom. The lowest BCUT2D eigenvalue weighted by atomic mass is 10.2. The van der Waals surface area contributed by atoms with Crippen molar-refractivity contribution in [3.8, 4) is 0 Å². The number of thioether (sulfide) groups is 1. The summed E-state index contributed by atoms with van der Waals surface area (Å²) >= 11 is 11.1. The molecule has 21 heavy (non-hydrogen) atoms. The zero-order valence-electron chi connectivity index (χ0n) is 12.3. The fraction of sp³-hybridized carbons (Fsp3) is 0.571. The average molecular weight is 413 g/mol. The molecule has 0 aliphatic carbocycles. The Kier molecular flexibility index (Phi) is 5.36. The second-order valence-corrected chi connectivity index (χ2v) is 10.6. The van der Waals surface area contributed by atoms with Crippen molar-refractivity contribution in [1.82, 2.24) is 4.31 Å². The minimum absolute atomic E-state index is 0.0586. The maximum atomic E-state index is 13.0. The van der Waals surface area contributed by atoms with E-state index in [1.54, 1.807) is 10.4 Å². The lowest BCUT2D eigenvalue weighted by Gasteiger charge is -2.36. The summed E-state index contributed by atoms with van der Waals surface area (Å²) in [6.45, 7) is 7.11. The molecule has 0 unspecified atom stereocenters. The Labute approximate surface area is 144 Å². The molecule has 1 fully saturated rings. The van der Waals surface area contributed by atoms with E-state index in [2.05, 4.69) is 29.8 Å². The quantitative estimate of drug-likeness (QED) is 0.704. The molecule has 0 N–H and O–H groups in total. The Balaban J connectivity index is 2.47. The maximum absolute atomic E-state index is 13.0. The van der Waals surface area contributed by atoms with Gasteiger partial charge in [0.05, 0.1) is 4.90 Å². The predicted octanol–water partition coefficient (Wildman–Crippen LogP) is 4.01. The standard InChI is InChI=1S/C14H19BrClNO2S2/c1-10-6-11(8-16)7-12(13(10)15)21(18,19)17-4-5-20-14(2,3)9-17/h6-7H,4-5,8-9H2,1-3H3. The van der Waals surface area contributed by atoms with Crippen LogP contribution >= 0.6 is 39.3 Å². The van der Waals surface area contributed by atoms with Gasteiger partial charge in [0.25, 0.3) is 0 Å². The molecule has 1 aliphatic rings. The summed E-state index contributed by atoms with van der Waals surface area (Å²) in [6.07, 6.45) is 0. The van der Waals surface area contributed by atoms with Crippen LogP contribution in [0.2, 0.25) is 0 Å². The first-order valence-electron chi connectivity index (χ1n) is 6.66. The summed E-state index contributed by atoms with van der Waals surface area (Å²) in [5.41, 5.74) is 1.71. The number of alkyl halides is 1. The number of hydrogen-bond acceptors (Lipinski definition) is 3. The van der Waals surface area contributed by atoms with Gasteiger partial charge in [-0.1, -0.05) is 6.07 Å². The van der Waals surface area contributed by atoms with E-state index >= 15 is 0 Å². The van der Waals surface area contributed by atoms with Crippen molar-refractivity contribution in [2.45, 2.75) is 36.3 Å². The molecule has 1 heterocycles. The van der Waals surface area contributed by atoms with Crippen LogP contribution in [0.15, 0.2) is 21.5 Å². The molecular weight excluding hydrogens is 394 g/mol. The van der Waals surface area contributed by atoms with Crippen molar-refractivity contribution in [2.75, 3.05) is 18.8 Å².